The Kier molecular flexibility index (Phi) is 6.26. The van der Waals surface area contributed by atoms with E-state index in [1.165, 1.54) is 38.5 Å². The fourth-order valence-corrected chi connectivity index (χ4v) is 2.20. The van der Waals surface area contributed by atoms with Gasteiger partial charge in [-0.25, -0.2) is 0 Å². The van der Waals surface area contributed by atoms with Crippen molar-refractivity contribution in [2.45, 2.75) is 71.0 Å². The van der Waals surface area contributed by atoms with Gasteiger partial charge in [0.25, 0.3) is 0 Å². The first kappa shape index (κ1) is 13.0. The lowest BCUT2D eigenvalue weighted by Gasteiger charge is -2.27. The van der Waals surface area contributed by atoms with Crippen molar-refractivity contribution in [2.24, 2.45) is 0 Å². The smallest absolute Gasteiger partial charge is 0.168 e. The highest BCUT2D eigenvalue weighted by Gasteiger charge is 2.34. The van der Waals surface area contributed by atoms with Crippen LogP contribution < -0.4 is 0 Å². The van der Waals surface area contributed by atoms with Gasteiger partial charge in [0.1, 0.15) is 0 Å². The molecule has 0 N–H and O–H groups in total. The van der Waals surface area contributed by atoms with Crippen LogP contribution in [0.5, 0.6) is 0 Å². The molecule has 1 aliphatic heterocycles. The van der Waals surface area contributed by atoms with Crippen LogP contribution in [0.3, 0.4) is 0 Å². The van der Waals surface area contributed by atoms with Crippen LogP contribution in [0, 0.1) is 0 Å². The van der Waals surface area contributed by atoms with E-state index in [4.69, 9.17) is 9.47 Å². The average molecular weight is 214 g/mol. The Labute approximate surface area is 94.3 Å². The van der Waals surface area contributed by atoms with Crippen molar-refractivity contribution in [2.75, 3.05) is 13.2 Å². The molecule has 2 heteroatoms. The van der Waals surface area contributed by atoms with Crippen molar-refractivity contribution >= 4 is 0 Å². The molecule has 1 heterocycles. The second kappa shape index (κ2) is 7.24. The summed E-state index contributed by atoms with van der Waals surface area (Å²) in [6.45, 7) is 6.05. The summed E-state index contributed by atoms with van der Waals surface area (Å²) in [6.07, 6.45) is 9.78. The van der Waals surface area contributed by atoms with Crippen LogP contribution in [0.2, 0.25) is 0 Å². The molecular formula is C13H26O2. The first-order valence-corrected chi connectivity index (χ1v) is 6.61. The van der Waals surface area contributed by atoms with Gasteiger partial charge in [0.05, 0.1) is 13.2 Å². The summed E-state index contributed by atoms with van der Waals surface area (Å²) in [5.41, 5.74) is 0. The van der Waals surface area contributed by atoms with Crippen LogP contribution in [0.15, 0.2) is 0 Å². The maximum atomic E-state index is 5.81. The van der Waals surface area contributed by atoms with Gasteiger partial charge >= 0.3 is 0 Å². The minimum Gasteiger partial charge on any atom is -0.348 e. The summed E-state index contributed by atoms with van der Waals surface area (Å²) in [7, 11) is 0. The van der Waals surface area contributed by atoms with Crippen molar-refractivity contribution in [3.05, 3.63) is 0 Å². The zero-order valence-corrected chi connectivity index (χ0v) is 10.4. The summed E-state index contributed by atoms with van der Waals surface area (Å²) in [6, 6.07) is 0. The Morgan fingerprint density at radius 1 is 0.800 bits per heavy atom. The molecule has 0 saturated carbocycles. The quantitative estimate of drug-likeness (QED) is 0.571. The number of hydrogen-bond acceptors (Lipinski definition) is 2. The number of rotatable bonds is 8. The Hall–Kier alpha value is -0.0800. The lowest BCUT2D eigenvalue weighted by Crippen LogP contribution is -2.29. The standard InChI is InChI=1S/C13H26O2/c1-3-5-7-9-13(10-8-6-4-2)14-11-12-15-13/h3-12H2,1-2H3. The van der Waals surface area contributed by atoms with E-state index in [2.05, 4.69) is 13.8 Å². The molecule has 0 unspecified atom stereocenters. The minimum absolute atomic E-state index is 0.204. The maximum absolute atomic E-state index is 5.81. The number of hydrogen-bond donors (Lipinski definition) is 0. The molecule has 0 spiro atoms. The molecule has 0 aromatic heterocycles. The van der Waals surface area contributed by atoms with Gasteiger partial charge in [0.2, 0.25) is 0 Å². The Balaban J connectivity index is 2.26. The lowest BCUT2D eigenvalue weighted by molar-refractivity contribution is -0.168. The van der Waals surface area contributed by atoms with Gasteiger partial charge < -0.3 is 9.47 Å². The van der Waals surface area contributed by atoms with E-state index in [0.29, 0.717) is 0 Å². The van der Waals surface area contributed by atoms with Crippen molar-refractivity contribution in [1.82, 2.24) is 0 Å². The highest BCUT2D eigenvalue weighted by Crippen LogP contribution is 2.31. The second-order valence-electron chi connectivity index (χ2n) is 4.52. The molecule has 1 saturated heterocycles. The molecule has 0 radical (unpaired) electrons. The molecule has 0 aromatic rings. The Morgan fingerprint density at radius 3 is 1.67 bits per heavy atom. The van der Waals surface area contributed by atoms with Gasteiger partial charge in [-0.3, -0.25) is 0 Å². The van der Waals surface area contributed by atoms with Crippen molar-refractivity contribution in [3.8, 4) is 0 Å². The fourth-order valence-electron chi connectivity index (χ4n) is 2.20. The molecule has 0 bridgehead atoms. The highest BCUT2D eigenvalue weighted by atomic mass is 16.7. The third-order valence-corrected chi connectivity index (χ3v) is 3.14. The van der Waals surface area contributed by atoms with Crippen LogP contribution >= 0.6 is 0 Å². The van der Waals surface area contributed by atoms with E-state index >= 15 is 0 Å². The van der Waals surface area contributed by atoms with E-state index in [1.54, 1.807) is 0 Å². The number of ether oxygens (including phenoxy) is 2. The fraction of sp³-hybridized carbons (Fsp3) is 1.00. The summed E-state index contributed by atoms with van der Waals surface area (Å²) >= 11 is 0. The van der Waals surface area contributed by atoms with Gasteiger partial charge in [0.15, 0.2) is 5.79 Å². The van der Waals surface area contributed by atoms with Crippen LogP contribution in [0.25, 0.3) is 0 Å². The van der Waals surface area contributed by atoms with Gasteiger partial charge in [-0.2, -0.15) is 0 Å². The molecule has 0 aromatic carbocycles. The molecule has 90 valence electrons. The van der Waals surface area contributed by atoms with Gasteiger partial charge in [-0.15, -0.1) is 0 Å². The maximum Gasteiger partial charge on any atom is 0.168 e. The van der Waals surface area contributed by atoms with Crippen LogP contribution in [-0.4, -0.2) is 19.0 Å². The summed E-state index contributed by atoms with van der Waals surface area (Å²) in [5.74, 6) is -0.204. The van der Waals surface area contributed by atoms with Crippen LogP contribution in [-0.2, 0) is 9.47 Å². The van der Waals surface area contributed by atoms with Crippen molar-refractivity contribution in [3.63, 3.8) is 0 Å². The van der Waals surface area contributed by atoms with Crippen LogP contribution in [0.1, 0.15) is 65.2 Å². The molecule has 15 heavy (non-hydrogen) atoms. The average Bonchev–Trinajstić information content (AvgIpc) is 2.68. The lowest BCUT2D eigenvalue weighted by atomic mass is 10.0. The van der Waals surface area contributed by atoms with E-state index < -0.39 is 0 Å². The monoisotopic (exact) mass is 214 g/mol. The summed E-state index contributed by atoms with van der Waals surface area (Å²) < 4.78 is 11.6. The summed E-state index contributed by atoms with van der Waals surface area (Å²) in [4.78, 5) is 0. The first-order valence-electron chi connectivity index (χ1n) is 6.61. The summed E-state index contributed by atoms with van der Waals surface area (Å²) in [5, 5.41) is 0. The topological polar surface area (TPSA) is 18.5 Å². The Bertz CT molecular complexity index is 139. The van der Waals surface area contributed by atoms with E-state index in [9.17, 15) is 0 Å². The second-order valence-corrected chi connectivity index (χ2v) is 4.52. The van der Waals surface area contributed by atoms with Crippen molar-refractivity contribution < 1.29 is 9.47 Å². The normalized spacial score (nSPS) is 19.6. The molecule has 2 nitrogen and oxygen atoms in total. The van der Waals surface area contributed by atoms with E-state index in [1.807, 2.05) is 0 Å². The Morgan fingerprint density at radius 2 is 1.27 bits per heavy atom. The first-order chi connectivity index (χ1) is 7.33. The number of unbranched alkanes of at least 4 members (excludes halogenated alkanes) is 4. The van der Waals surface area contributed by atoms with Gasteiger partial charge in [0, 0.05) is 12.8 Å². The largest absolute Gasteiger partial charge is 0.348 e. The molecule has 0 amide bonds. The molecule has 1 aliphatic rings. The third-order valence-electron chi connectivity index (χ3n) is 3.14. The SMILES string of the molecule is CCCCCC1(CCCCC)OCCO1. The zero-order valence-electron chi connectivity index (χ0n) is 10.4. The predicted octanol–water partition coefficient (Wildman–Crippen LogP) is 3.89. The van der Waals surface area contributed by atoms with Crippen molar-refractivity contribution in [1.29, 1.82) is 0 Å². The predicted molar refractivity (Wildman–Crippen MR) is 62.9 cm³/mol. The molecule has 1 fully saturated rings. The van der Waals surface area contributed by atoms with Gasteiger partial charge in [-0.1, -0.05) is 39.5 Å². The molecule has 0 aliphatic carbocycles. The highest BCUT2D eigenvalue weighted by molar-refractivity contribution is 4.74. The minimum atomic E-state index is -0.204. The van der Waals surface area contributed by atoms with Crippen LogP contribution in [0.4, 0.5) is 0 Å². The van der Waals surface area contributed by atoms with E-state index in [-0.39, 0.29) is 5.79 Å². The van der Waals surface area contributed by atoms with E-state index in [0.717, 1.165) is 26.1 Å². The van der Waals surface area contributed by atoms with Gasteiger partial charge in [-0.05, 0) is 12.8 Å². The molecular weight excluding hydrogens is 188 g/mol. The molecule has 1 rings (SSSR count). The molecule has 0 atom stereocenters. The third kappa shape index (κ3) is 4.52. The zero-order chi connectivity index (χ0) is 11.0.